The number of rotatable bonds is 5. The summed E-state index contributed by atoms with van der Waals surface area (Å²) in [7, 11) is 0. The molecule has 8 heteroatoms. The van der Waals surface area contributed by atoms with E-state index in [4.69, 9.17) is 0 Å². The Balaban J connectivity index is 1.68. The molecule has 0 aliphatic carbocycles. The minimum atomic E-state index is -1.01. The van der Waals surface area contributed by atoms with Crippen molar-refractivity contribution in [2.45, 2.75) is 19.0 Å². The maximum Gasteiger partial charge on any atom is 0.234 e. The molecule has 0 atom stereocenters. The Morgan fingerprint density at radius 1 is 1.15 bits per heavy atom. The number of carbonyl (C=O) groups excluding carboxylic acids is 1. The minimum absolute atomic E-state index is 0.0581. The maximum absolute atomic E-state index is 13.2. The van der Waals surface area contributed by atoms with E-state index in [1.54, 1.807) is 6.33 Å². The molecule has 134 valence electrons. The SMILES string of the molecule is Cc1ccc(-n2cnnc2SCC(=O)Nc2ccc(F)c(F)c2)c(C)c1. The number of aryl methyl sites for hydroxylation is 2. The summed E-state index contributed by atoms with van der Waals surface area (Å²) in [6.07, 6.45) is 1.59. The van der Waals surface area contributed by atoms with Gasteiger partial charge in [0, 0.05) is 11.8 Å². The zero-order valence-corrected chi connectivity index (χ0v) is 15.0. The van der Waals surface area contributed by atoms with Gasteiger partial charge in [-0.1, -0.05) is 29.5 Å². The Hall–Kier alpha value is -2.74. The van der Waals surface area contributed by atoms with Gasteiger partial charge in [-0.25, -0.2) is 8.78 Å². The van der Waals surface area contributed by atoms with Crippen molar-refractivity contribution in [3.05, 3.63) is 65.5 Å². The zero-order valence-electron chi connectivity index (χ0n) is 14.2. The third kappa shape index (κ3) is 4.08. The van der Waals surface area contributed by atoms with Gasteiger partial charge in [-0.15, -0.1) is 10.2 Å². The number of carbonyl (C=O) groups is 1. The summed E-state index contributed by atoms with van der Waals surface area (Å²) in [5.41, 5.74) is 3.35. The number of anilines is 1. The average molecular weight is 374 g/mol. The Morgan fingerprint density at radius 3 is 2.69 bits per heavy atom. The Bertz CT molecular complexity index is 958. The van der Waals surface area contributed by atoms with E-state index in [1.807, 2.05) is 30.5 Å². The molecule has 2 aromatic carbocycles. The lowest BCUT2D eigenvalue weighted by Gasteiger charge is -2.10. The first-order valence-electron chi connectivity index (χ1n) is 7.79. The Kier molecular flexibility index (Phi) is 5.32. The van der Waals surface area contributed by atoms with Crippen molar-refractivity contribution >= 4 is 23.4 Å². The molecule has 1 N–H and O–H groups in total. The van der Waals surface area contributed by atoms with Crippen LogP contribution in [0.3, 0.4) is 0 Å². The van der Waals surface area contributed by atoms with Gasteiger partial charge in [0.15, 0.2) is 16.8 Å². The Labute approximate surface area is 153 Å². The highest BCUT2D eigenvalue weighted by atomic mass is 32.2. The van der Waals surface area contributed by atoms with Crippen LogP contribution in [0.15, 0.2) is 47.9 Å². The van der Waals surface area contributed by atoms with E-state index in [0.717, 1.165) is 28.9 Å². The second kappa shape index (κ2) is 7.65. The van der Waals surface area contributed by atoms with Gasteiger partial charge in [-0.2, -0.15) is 0 Å². The summed E-state index contributed by atoms with van der Waals surface area (Å²) in [4.78, 5) is 12.1. The van der Waals surface area contributed by atoms with Crippen molar-refractivity contribution in [1.29, 1.82) is 0 Å². The van der Waals surface area contributed by atoms with Gasteiger partial charge in [0.25, 0.3) is 0 Å². The van der Waals surface area contributed by atoms with Crippen LogP contribution < -0.4 is 5.32 Å². The van der Waals surface area contributed by atoms with E-state index in [1.165, 1.54) is 17.8 Å². The van der Waals surface area contributed by atoms with Gasteiger partial charge in [0.1, 0.15) is 6.33 Å². The van der Waals surface area contributed by atoms with Crippen molar-refractivity contribution < 1.29 is 13.6 Å². The fraction of sp³-hybridized carbons (Fsp3) is 0.167. The fourth-order valence-electron chi connectivity index (χ4n) is 2.46. The number of nitrogens with zero attached hydrogens (tertiary/aromatic N) is 3. The number of benzene rings is 2. The second-order valence-corrected chi connectivity index (χ2v) is 6.68. The molecule has 0 spiro atoms. The number of halogens is 2. The number of amides is 1. The highest BCUT2D eigenvalue weighted by Gasteiger charge is 2.12. The maximum atomic E-state index is 13.2. The molecule has 3 aromatic rings. The van der Waals surface area contributed by atoms with Crippen LogP contribution in [0, 0.1) is 25.5 Å². The molecule has 26 heavy (non-hydrogen) atoms. The molecule has 1 aromatic heterocycles. The third-order valence-electron chi connectivity index (χ3n) is 3.66. The van der Waals surface area contributed by atoms with Crippen LogP contribution in [0.1, 0.15) is 11.1 Å². The molecule has 1 amide bonds. The lowest BCUT2D eigenvalue weighted by molar-refractivity contribution is -0.113. The quantitative estimate of drug-likeness (QED) is 0.688. The first kappa shape index (κ1) is 18.1. The largest absolute Gasteiger partial charge is 0.325 e. The summed E-state index contributed by atoms with van der Waals surface area (Å²) in [6.45, 7) is 4.01. The standard InChI is InChI=1S/C18H16F2N4OS/c1-11-3-6-16(12(2)7-11)24-10-21-23-18(24)26-9-17(25)22-13-4-5-14(19)15(20)8-13/h3-8,10H,9H2,1-2H3,(H,22,25). The molecule has 1 heterocycles. The van der Waals surface area contributed by atoms with Crippen molar-refractivity contribution in [3.8, 4) is 5.69 Å². The molecule has 5 nitrogen and oxygen atoms in total. The van der Waals surface area contributed by atoms with E-state index < -0.39 is 11.6 Å². The number of hydrogen-bond acceptors (Lipinski definition) is 4. The predicted molar refractivity (Wildman–Crippen MR) is 96.5 cm³/mol. The van der Waals surface area contributed by atoms with Gasteiger partial charge in [0.05, 0.1) is 11.4 Å². The van der Waals surface area contributed by atoms with Crippen LogP contribution in [0.5, 0.6) is 0 Å². The zero-order chi connectivity index (χ0) is 18.7. The van der Waals surface area contributed by atoms with E-state index >= 15 is 0 Å². The molecule has 0 saturated heterocycles. The normalized spacial score (nSPS) is 10.8. The van der Waals surface area contributed by atoms with E-state index in [-0.39, 0.29) is 17.3 Å². The summed E-state index contributed by atoms with van der Waals surface area (Å²) < 4.78 is 27.9. The fourth-order valence-corrected chi connectivity index (χ4v) is 3.19. The average Bonchev–Trinajstić information content (AvgIpc) is 3.05. The summed E-state index contributed by atoms with van der Waals surface area (Å²) in [5.74, 6) is -2.26. The van der Waals surface area contributed by atoms with E-state index in [0.29, 0.717) is 5.16 Å². The van der Waals surface area contributed by atoms with Crippen molar-refractivity contribution in [1.82, 2.24) is 14.8 Å². The van der Waals surface area contributed by atoms with Crippen LogP contribution in [0.25, 0.3) is 5.69 Å². The Morgan fingerprint density at radius 2 is 1.96 bits per heavy atom. The molecule has 0 fully saturated rings. The van der Waals surface area contributed by atoms with E-state index in [2.05, 4.69) is 21.6 Å². The first-order valence-corrected chi connectivity index (χ1v) is 8.78. The summed E-state index contributed by atoms with van der Waals surface area (Å²) in [6, 6.07) is 9.23. The molecular weight excluding hydrogens is 358 g/mol. The number of nitrogens with one attached hydrogen (secondary N) is 1. The second-order valence-electron chi connectivity index (χ2n) is 5.74. The van der Waals surface area contributed by atoms with Crippen molar-refractivity contribution in [2.75, 3.05) is 11.1 Å². The van der Waals surface area contributed by atoms with Crippen LogP contribution >= 0.6 is 11.8 Å². The molecule has 3 rings (SSSR count). The topological polar surface area (TPSA) is 59.8 Å². The van der Waals surface area contributed by atoms with Gasteiger partial charge in [-0.3, -0.25) is 9.36 Å². The molecule has 0 radical (unpaired) electrons. The molecule has 0 unspecified atom stereocenters. The number of aromatic nitrogens is 3. The molecular formula is C18H16F2N4OS. The van der Waals surface area contributed by atoms with Gasteiger partial charge in [-0.05, 0) is 37.6 Å². The summed E-state index contributed by atoms with van der Waals surface area (Å²) >= 11 is 1.21. The minimum Gasteiger partial charge on any atom is -0.325 e. The number of thioether (sulfide) groups is 1. The van der Waals surface area contributed by atoms with Gasteiger partial charge in [0.2, 0.25) is 5.91 Å². The smallest absolute Gasteiger partial charge is 0.234 e. The first-order chi connectivity index (χ1) is 12.4. The lowest BCUT2D eigenvalue weighted by atomic mass is 10.1. The predicted octanol–water partition coefficient (Wildman–Crippen LogP) is 3.89. The van der Waals surface area contributed by atoms with Crippen molar-refractivity contribution in [3.63, 3.8) is 0 Å². The molecule has 0 aliphatic rings. The molecule has 0 bridgehead atoms. The lowest BCUT2D eigenvalue weighted by Crippen LogP contribution is -2.14. The van der Waals surface area contributed by atoms with Crippen LogP contribution in [-0.2, 0) is 4.79 Å². The van der Waals surface area contributed by atoms with Gasteiger partial charge < -0.3 is 5.32 Å². The molecule has 0 saturated carbocycles. The van der Waals surface area contributed by atoms with Crippen LogP contribution in [-0.4, -0.2) is 26.4 Å². The molecule has 0 aliphatic heterocycles. The monoisotopic (exact) mass is 374 g/mol. The highest BCUT2D eigenvalue weighted by Crippen LogP contribution is 2.23. The highest BCUT2D eigenvalue weighted by molar-refractivity contribution is 7.99. The van der Waals surface area contributed by atoms with Gasteiger partial charge >= 0.3 is 0 Å². The van der Waals surface area contributed by atoms with Crippen LogP contribution in [0.4, 0.5) is 14.5 Å². The van der Waals surface area contributed by atoms with E-state index in [9.17, 15) is 13.6 Å². The third-order valence-corrected chi connectivity index (χ3v) is 4.61. The van der Waals surface area contributed by atoms with Crippen LogP contribution in [0.2, 0.25) is 0 Å². The summed E-state index contributed by atoms with van der Waals surface area (Å²) in [5, 5.41) is 11.1. The van der Waals surface area contributed by atoms with Crippen molar-refractivity contribution in [2.24, 2.45) is 0 Å². The number of hydrogen-bond donors (Lipinski definition) is 1.